The average Bonchev–Trinajstić information content (AvgIpc) is 3.62. The van der Waals surface area contributed by atoms with Gasteiger partial charge in [-0.25, -0.2) is 19.4 Å². The molecule has 0 saturated carbocycles. The molecular weight excluding hydrogens is 460 g/mol. The Bertz CT molecular complexity index is 1580. The largest absolute Gasteiger partial charge is 0.418 e. The second kappa shape index (κ2) is 8.69. The number of anilines is 1. The van der Waals surface area contributed by atoms with Gasteiger partial charge in [0.05, 0.1) is 18.4 Å². The van der Waals surface area contributed by atoms with Crippen molar-refractivity contribution < 1.29 is 14.3 Å². The summed E-state index contributed by atoms with van der Waals surface area (Å²) in [6.45, 7) is 1.56. The Labute approximate surface area is 205 Å². The maximum atomic E-state index is 13.2. The first kappa shape index (κ1) is 21.6. The molecular formula is C25H22N8O3. The van der Waals surface area contributed by atoms with Gasteiger partial charge in [-0.3, -0.25) is 10.1 Å². The zero-order chi connectivity index (χ0) is 24.6. The number of hydrogen-bond acceptors (Lipinski definition) is 6. The highest BCUT2D eigenvalue weighted by Gasteiger charge is 2.28. The van der Waals surface area contributed by atoms with E-state index in [-0.39, 0.29) is 17.4 Å². The van der Waals surface area contributed by atoms with Gasteiger partial charge in [0.1, 0.15) is 17.0 Å². The summed E-state index contributed by atoms with van der Waals surface area (Å²) in [6, 6.07) is 13.3. The Hall–Kier alpha value is -4.93. The van der Waals surface area contributed by atoms with Gasteiger partial charge in [0.25, 0.3) is 5.91 Å². The van der Waals surface area contributed by atoms with Crippen LogP contribution >= 0.6 is 0 Å². The van der Waals surface area contributed by atoms with E-state index in [9.17, 15) is 9.59 Å². The first-order valence-electron chi connectivity index (χ1n) is 11.4. The van der Waals surface area contributed by atoms with Crippen molar-refractivity contribution in [2.24, 2.45) is 7.05 Å². The number of imidazole rings is 2. The molecule has 180 valence electrons. The molecule has 1 aliphatic heterocycles. The molecule has 36 heavy (non-hydrogen) atoms. The Morgan fingerprint density at radius 3 is 2.81 bits per heavy atom. The molecule has 4 aromatic heterocycles. The number of amides is 2. The van der Waals surface area contributed by atoms with Gasteiger partial charge in [0.2, 0.25) is 5.88 Å². The first-order chi connectivity index (χ1) is 17.5. The molecule has 1 N–H and O–H groups in total. The van der Waals surface area contributed by atoms with E-state index in [0.29, 0.717) is 31.0 Å². The lowest BCUT2D eigenvalue weighted by molar-refractivity contribution is 0.0704. The van der Waals surface area contributed by atoms with Gasteiger partial charge in [-0.05, 0) is 6.07 Å². The number of carbonyl (C=O) groups excluding carboxylic acids is 2. The summed E-state index contributed by atoms with van der Waals surface area (Å²) >= 11 is 0. The molecule has 1 aromatic carbocycles. The molecule has 5 aromatic rings. The third-order valence-corrected chi connectivity index (χ3v) is 6.11. The minimum absolute atomic E-state index is 0.0691. The molecule has 0 radical (unpaired) electrons. The zero-order valence-electron chi connectivity index (χ0n) is 19.4. The van der Waals surface area contributed by atoms with Gasteiger partial charge in [0, 0.05) is 62.2 Å². The molecule has 0 atom stereocenters. The fourth-order valence-electron chi connectivity index (χ4n) is 4.25. The third-order valence-electron chi connectivity index (χ3n) is 6.11. The second-order valence-electron chi connectivity index (χ2n) is 8.44. The van der Waals surface area contributed by atoms with E-state index < -0.39 is 6.09 Å². The second-order valence-corrected chi connectivity index (χ2v) is 8.44. The normalized spacial score (nSPS) is 13.0. The molecule has 11 nitrogen and oxygen atoms in total. The highest BCUT2D eigenvalue weighted by molar-refractivity contribution is 5.97. The fraction of sp³-hybridized carbons (Fsp3) is 0.160. The van der Waals surface area contributed by atoms with E-state index in [0.717, 1.165) is 17.1 Å². The van der Waals surface area contributed by atoms with Crippen molar-refractivity contribution in [3.63, 3.8) is 0 Å². The molecule has 6 rings (SSSR count). The predicted octanol–water partition coefficient (Wildman–Crippen LogP) is 3.20. The number of fused-ring (bicyclic) bond motifs is 2. The van der Waals surface area contributed by atoms with E-state index in [2.05, 4.69) is 20.4 Å². The van der Waals surface area contributed by atoms with Crippen LogP contribution in [0.3, 0.4) is 0 Å². The summed E-state index contributed by atoms with van der Waals surface area (Å²) in [5.41, 5.74) is 3.22. The number of benzene rings is 1. The van der Waals surface area contributed by atoms with Crippen LogP contribution < -0.4 is 10.1 Å². The number of aromatic nitrogens is 6. The molecule has 0 bridgehead atoms. The number of aryl methyl sites for hydroxylation is 1. The van der Waals surface area contributed by atoms with Gasteiger partial charge in [-0.2, -0.15) is 5.10 Å². The quantitative estimate of drug-likeness (QED) is 0.421. The summed E-state index contributed by atoms with van der Waals surface area (Å²) in [5.74, 6) is 0.607. The lowest BCUT2D eigenvalue weighted by Gasteiger charge is -2.27. The van der Waals surface area contributed by atoms with Crippen LogP contribution in [0.5, 0.6) is 5.88 Å². The number of hydrogen-bond donors (Lipinski definition) is 1. The number of carbonyl (C=O) groups is 2. The Morgan fingerprint density at radius 1 is 1.08 bits per heavy atom. The van der Waals surface area contributed by atoms with Gasteiger partial charge in [-0.15, -0.1) is 0 Å². The smallest absolute Gasteiger partial charge is 0.390 e. The van der Waals surface area contributed by atoms with E-state index in [1.807, 2.05) is 57.9 Å². The van der Waals surface area contributed by atoms with Crippen molar-refractivity contribution >= 4 is 23.3 Å². The maximum Gasteiger partial charge on any atom is 0.418 e. The third kappa shape index (κ3) is 3.96. The molecule has 11 heteroatoms. The van der Waals surface area contributed by atoms with E-state index >= 15 is 0 Å². The molecule has 0 unspecified atom stereocenters. The Kier molecular flexibility index (Phi) is 5.21. The summed E-state index contributed by atoms with van der Waals surface area (Å²) in [4.78, 5) is 36.5. The maximum absolute atomic E-state index is 13.2. The molecule has 1 aliphatic rings. The monoisotopic (exact) mass is 482 g/mol. The SMILES string of the molecule is Cn1ncc(C(=O)N2CCn3ccnc3C2)c1OC(=O)Nc1ccn2cc(-c3ccccc3)nc2c1. The number of nitrogens with zero attached hydrogens (tertiary/aromatic N) is 7. The van der Waals surface area contributed by atoms with Crippen molar-refractivity contribution in [3.05, 3.63) is 84.8 Å². The van der Waals surface area contributed by atoms with E-state index in [1.165, 1.54) is 10.9 Å². The van der Waals surface area contributed by atoms with Crippen LogP contribution in [0, 0.1) is 0 Å². The van der Waals surface area contributed by atoms with Gasteiger partial charge < -0.3 is 18.6 Å². The summed E-state index contributed by atoms with van der Waals surface area (Å²) < 4.78 is 10.8. The van der Waals surface area contributed by atoms with Crippen LogP contribution in [-0.4, -0.2) is 52.2 Å². The number of nitrogens with one attached hydrogen (secondary N) is 1. The molecule has 0 aliphatic carbocycles. The minimum atomic E-state index is -0.735. The van der Waals surface area contributed by atoms with Crippen molar-refractivity contribution in [2.45, 2.75) is 13.1 Å². The van der Waals surface area contributed by atoms with Crippen LogP contribution in [-0.2, 0) is 20.1 Å². The number of ether oxygens (including phenoxy) is 1. The molecule has 0 saturated heterocycles. The van der Waals surface area contributed by atoms with Crippen LogP contribution in [0.2, 0.25) is 0 Å². The van der Waals surface area contributed by atoms with Crippen LogP contribution in [0.1, 0.15) is 16.2 Å². The molecule has 0 spiro atoms. The van der Waals surface area contributed by atoms with E-state index in [4.69, 9.17) is 4.74 Å². The van der Waals surface area contributed by atoms with Gasteiger partial charge in [0.15, 0.2) is 0 Å². The standard InChI is InChI=1S/C25H22N8O3/c1-30-24(19(14-27-30)23(34)33-12-11-31-10-8-26-22(31)16-33)36-25(35)28-18-7-9-32-15-20(29-21(32)13-18)17-5-3-2-4-6-17/h2-10,13-15H,11-12,16H2,1H3,(H,28,35). The van der Waals surface area contributed by atoms with Crippen molar-refractivity contribution in [3.8, 4) is 17.1 Å². The highest BCUT2D eigenvalue weighted by atomic mass is 16.6. The van der Waals surface area contributed by atoms with Gasteiger partial charge >= 0.3 is 6.09 Å². The molecule has 0 fully saturated rings. The molecule has 5 heterocycles. The zero-order valence-corrected chi connectivity index (χ0v) is 19.4. The Balaban J connectivity index is 1.17. The van der Waals surface area contributed by atoms with E-state index in [1.54, 1.807) is 30.3 Å². The van der Waals surface area contributed by atoms with Gasteiger partial charge in [-0.1, -0.05) is 30.3 Å². The van der Waals surface area contributed by atoms with Crippen LogP contribution in [0.4, 0.5) is 10.5 Å². The Morgan fingerprint density at radius 2 is 1.94 bits per heavy atom. The van der Waals surface area contributed by atoms with Crippen molar-refractivity contribution in [2.75, 3.05) is 11.9 Å². The van der Waals surface area contributed by atoms with Crippen LogP contribution in [0.15, 0.2) is 73.4 Å². The average molecular weight is 483 g/mol. The lowest BCUT2D eigenvalue weighted by atomic mass is 10.2. The highest BCUT2D eigenvalue weighted by Crippen LogP contribution is 2.24. The topological polar surface area (TPSA) is 112 Å². The number of pyridine rings is 1. The molecule has 2 amide bonds. The summed E-state index contributed by atoms with van der Waals surface area (Å²) in [6.07, 6.45) is 8.02. The van der Waals surface area contributed by atoms with Crippen LogP contribution in [0.25, 0.3) is 16.9 Å². The number of rotatable bonds is 4. The fourth-order valence-corrected chi connectivity index (χ4v) is 4.25. The first-order valence-corrected chi connectivity index (χ1v) is 11.4. The summed E-state index contributed by atoms with van der Waals surface area (Å²) in [7, 11) is 1.62. The minimum Gasteiger partial charge on any atom is -0.390 e. The van der Waals surface area contributed by atoms with Crippen molar-refractivity contribution in [1.29, 1.82) is 0 Å². The lowest BCUT2D eigenvalue weighted by Crippen LogP contribution is -2.38. The summed E-state index contributed by atoms with van der Waals surface area (Å²) in [5, 5.41) is 6.84. The van der Waals surface area contributed by atoms with Crippen molar-refractivity contribution in [1.82, 2.24) is 33.6 Å². The predicted molar refractivity (Wildman–Crippen MR) is 130 cm³/mol.